The number of aromatic nitrogens is 2. The largest absolute Gasteiger partial charge is 0.315 e. The summed E-state index contributed by atoms with van der Waals surface area (Å²) in [6, 6.07) is 3.20. The van der Waals surface area contributed by atoms with E-state index in [0.29, 0.717) is 18.0 Å². The van der Waals surface area contributed by atoms with Gasteiger partial charge in [-0.3, -0.25) is 4.68 Å². The van der Waals surface area contributed by atoms with Crippen molar-refractivity contribution in [1.82, 2.24) is 15.1 Å². The second-order valence-corrected chi connectivity index (χ2v) is 5.38. The van der Waals surface area contributed by atoms with Gasteiger partial charge >= 0.3 is 0 Å². The number of rotatable bonds is 7. The molecule has 2 atom stereocenters. The molecule has 0 saturated heterocycles. The van der Waals surface area contributed by atoms with Crippen molar-refractivity contribution < 1.29 is 0 Å². The molecule has 3 heteroatoms. The van der Waals surface area contributed by atoms with E-state index in [4.69, 9.17) is 0 Å². The monoisotopic (exact) mass is 237 g/mol. The number of hydrogen-bond acceptors (Lipinski definition) is 2. The van der Waals surface area contributed by atoms with E-state index >= 15 is 0 Å². The molecule has 0 aliphatic heterocycles. The molecule has 1 N–H and O–H groups in total. The van der Waals surface area contributed by atoms with Crippen LogP contribution in [0, 0.1) is 5.92 Å². The van der Waals surface area contributed by atoms with Crippen LogP contribution in [0.2, 0.25) is 0 Å². The van der Waals surface area contributed by atoms with E-state index < -0.39 is 0 Å². The molecule has 1 heterocycles. The fraction of sp³-hybridized carbons (Fsp3) is 0.786. The van der Waals surface area contributed by atoms with Gasteiger partial charge in [0.2, 0.25) is 0 Å². The van der Waals surface area contributed by atoms with Crippen molar-refractivity contribution in [3.63, 3.8) is 0 Å². The van der Waals surface area contributed by atoms with Crippen LogP contribution in [0.4, 0.5) is 0 Å². The molecular weight excluding hydrogens is 210 g/mol. The van der Waals surface area contributed by atoms with Crippen LogP contribution in [0.3, 0.4) is 0 Å². The number of nitrogens with one attached hydrogen (secondary N) is 1. The Bertz CT molecular complexity index is 317. The summed E-state index contributed by atoms with van der Waals surface area (Å²) >= 11 is 0. The lowest BCUT2D eigenvalue weighted by molar-refractivity contribution is 0.420. The lowest BCUT2D eigenvalue weighted by Gasteiger charge is -2.17. The summed E-state index contributed by atoms with van der Waals surface area (Å²) in [5.74, 6) is 0.680. The summed E-state index contributed by atoms with van der Waals surface area (Å²) < 4.78 is 2.04. The van der Waals surface area contributed by atoms with E-state index in [0.717, 1.165) is 13.0 Å². The fourth-order valence-electron chi connectivity index (χ4n) is 2.25. The highest BCUT2D eigenvalue weighted by Crippen LogP contribution is 2.13. The second kappa shape index (κ2) is 6.80. The molecule has 0 aliphatic rings. The molecule has 0 spiro atoms. The Hall–Kier alpha value is -0.830. The van der Waals surface area contributed by atoms with Gasteiger partial charge in [-0.15, -0.1) is 0 Å². The van der Waals surface area contributed by atoms with Crippen LogP contribution in [0.15, 0.2) is 12.3 Å². The van der Waals surface area contributed by atoms with Crippen molar-refractivity contribution in [2.24, 2.45) is 5.92 Å². The Morgan fingerprint density at radius 1 is 1.29 bits per heavy atom. The molecule has 98 valence electrons. The average Bonchev–Trinajstić information content (AvgIpc) is 2.66. The lowest BCUT2D eigenvalue weighted by Crippen LogP contribution is -2.27. The molecule has 1 rings (SSSR count). The zero-order chi connectivity index (χ0) is 12.8. The minimum atomic E-state index is 0.458. The van der Waals surface area contributed by atoms with Crippen molar-refractivity contribution in [2.75, 3.05) is 6.54 Å². The van der Waals surface area contributed by atoms with Gasteiger partial charge in [0.1, 0.15) is 0 Å². The summed E-state index contributed by atoms with van der Waals surface area (Å²) in [6.07, 6.45) is 4.37. The summed E-state index contributed by atoms with van der Waals surface area (Å²) in [5.41, 5.74) is 1.22. The zero-order valence-corrected chi connectivity index (χ0v) is 11.9. The van der Waals surface area contributed by atoms with E-state index in [2.05, 4.69) is 57.3 Å². The normalized spacial score (nSPS) is 15.2. The predicted molar refractivity (Wildman–Crippen MR) is 73.2 cm³/mol. The van der Waals surface area contributed by atoms with E-state index in [9.17, 15) is 0 Å². The predicted octanol–water partition coefficient (Wildman–Crippen LogP) is 3.03. The molecule has 1 aromatic heterocycles. The Balaban J connectivity index is 2.41. The first-order valence-electron chi connectivity index (χ1n) is 6.80. The first kappa shape index (κ1) is 14.2. The molecule has 0 saturated carbocycles. The third-order valence-electron chi connectivity index (χ3n) is 3.06. The molecule has 0 fully saturated rings. The van der Waals surface area contributed by atoms with Gasteiger partial charge < -0.3 is 5.32 Å². The molecular formula is C14H27N3. The SMILES string of the molecule is CCNC(C)CC(C)Cc1ccn(C(C)C)n1. The van der Waals surface area contributed by atoms with Crippen molar-refractivity contribution in [1.29, 1.82) is 0 Å². The van der Waals surface area contributed by atoms with Gasteiger partial charge in [0.05, 0.1) is 5.69 Å². The third kappa shape index (κ3) is 4.90. The standard InChI is InChI=1S/C14H27N3/c1-6-15-13(5)9-12(4)10-14-7-8-17(16-14)11(2)3/h7-8,11-13,15H,6,9-10H2,1-5H3. The van der Waals surface area contributed by atoms with Crippen LogP contribution in [-0.4, -0.2) is 22.4 Å². The summed E-state index contributed by atoms with van der Waals surface area (Å²) in [6.45, 7) is 12.1. The summed E-state index contributed by atoms with van der Waals surface area (Å²) in [4.78, 5) is 0. The van der Waals surface area contributed by atoms with Crippen molar-refractivity contribution in [2.45, 2.75) is 59.5 Å². The topological polar surface area (TPSA) is 29.9 Å². The van der Waals surface area contributed by atoms with E-state index in [1.807, 2.05) is 4.68 Å². The molecule has 0 aromatic carbocycles. The van der Waals surface area contributed by atoms with Gasteiger partial charge in [0.15, 0.2) is 0 Å². The van der Waals surface area contributed by atoms with Crippen LogP contribution in [-0.2, 0) is 6.42 Å². The van der Waals surface area contributed by atoms with Crippen molar-refractivity contribution in [3.8, 4) is 0 Å². The lowest BCUT2D eigenvalue weighted by atomic mass is 9.98. The van der Waals surface area contributed by atoms with Gasteiger partial charge in [0, 0.05) is 18.3 Å². The van der Waals surface area contributed by atoms with E-state index in [-0.39, 0.29) is 0 Å². The highest BCUT2D eigenvalue weighted by molar-refractivity contribution is 5.00. The number of hydrogen-bond donors (Lipinski definition) is 1. The van der Waals surface area contributed by atoms with Crippen molar-refractivity contribution >= 4 is 0 Å². The van der Waals surface area contributed by atoms with Gasteiger partial charge in [-0.1, -0.05) is 13.8 Å². The minimum absolute atomic E-state index is 0.458. The Kier molecular flexibility index (Phi) is 5.69. The van der Waals surface area contributed by atoms with Crippen LogP contribution in [0.25, 0.3) is 0 Å². The maximum atomic E-state index is 4.60. The molecule has 1 aromatic rings. The molecule has 0 bridgehead atoms. The Labute approximate surface area is 106 Å². The van der Waals surface area contributed by atoms with Crippen LogP contribution in [0.5, 0.6) is 0 Å². The average molecular weight is 237 g/mol. The minimum Gasteiger partial charge on any atom is -0.315 e. The van der Waals surface area contributed by atoms with Crippen LogP contribution in [0.1, 0.15) is 52.8 Å². The molecule has 0 amide bonds. The maximum absolute atomic E-state index is 4.60. The molecule has 17 heavy (non-hydrogen) atoms. The smallest absolute Gasteiger partial charge is 0.0627 e. The number of nitrogens with zero attached hydrogens (tertiary/aromatic N) is 2. The van der Waals surface area contributed by atoms with Gasteiger partial charge in [-0.2, -0.15) is 5.10 Å². The summed E-state index contributed by atoms with van der Waals surface area (Å²) in [5, 5.41) is 8.06. The molecule has 3 nitrogen and oxygen atoms in total. The van der Waals surface area contributed by atoms with E-state index in [1.165, 1.54) is 12.1 Å². The molecule has 0 aliphatic carbocycles. The second-order valence-electron chi connectivity index (χ2n) is 5.38. The maximum Gasteiger partial charge on any atom is 0.0627 e. The first-order valence-corrected chi connectivity index (χ1v) is 6.80. The Morgan fingerprint density at radius 3 is 2.53 bits per heavy atom. The molecule has 2 unspecified atom stereocenters. The zero-order valence-electron chi connectivity index (χ0n) is 11.9. The highest BCUT2D eigenvalue weighted by Gasteiger charge is 2.10. The Morgan fingerprint density at radius 2 is 2.00 bits per heavy atom. The van der Waals surface area contributed by atoms with E-state index in [1.54, 1.807) is 0 Å². The van der Waals surface area contributed by atoms with Crippen LogP contribution >= 0.6 is 0 Å². The fourth-order valence-corrected chi connectivity index (χ4v) is 2.25. The highest BCUT2D eigenvalue weighted by atomic mass is 15.3. The van der Waals surface area contributed by atoms with Crippen LogP contribution < -0.4 is 5.32 Å². The third-order valence-corrected chi connectivity index (χ3v) is 3.06. The quantitative estimate of drug-likeness (QED) is 0.790. The van der Waals surface area contributed by atoms with Gasteiger partial charge in [-0.25, -0.2) is 0 Å². The van der Waals surface area contributed by atoms with Gasteiger partial charge in [0.25, 0.3) is 0 Å². The summed E-state index contributed by atoms with van der Waals surface area (Å²) in [7, 11) is 0. The van der Waals surface area contributed by atoms with Gasteiger partial charge in [-0.05, 0) is 52.1 Å². The van der Waals surface area contributed by atoms with Crippen molar-refractivity contribution in [3.05, 3.63) is 18.0 Å². The molecule has 0 radical (unpaired) electrons. The first-order chi connectivity index (χ1) is 8.02.